The van der Waals surface area contributed by atoms with Gasteiger partial charge in [-0.3, -0.25) is 4.79 Å². The van der Waals surface area contributed by atoms with Crippen molar-refractivity contribution in [1.29, 1.82) is 5.26 Å². The van der Waals surface area contributed by atoms with E-state index in [0.29, 0.717) is 39.4 Å². The highest BCUT2D eigenvalue weighted by Gasteiger charge is 2.24. The van der Waals surface area contributed by atoms with Crippen molar-refractivity contribution in [2.24, 2.45) is 0 Å². The zero-order valence-electron chi connectivity index (χ0n) is 17.3. The summed E-state index contributed by atoms with van der Waals surface area (Å²) in [5, 5.41) is 14.0. The van der Waals surface area contributed by atoms with E-state index in [-0.39, 0.29) is 11.7 Å². The second-order valence-corrected chi connectivity index (χ2v) is 7.66. The Hall–Kier alpha value is -4.32. The molecule has 0 radical (unpaired) electrons. The van der Waals surface area contributed by atoms with Crippen molar-refractivity contribution in [1.82, 2.24) is 29.5 Å². The lowest BCUT2D eigenvalue weighted by Gasteiger charge is -2.25. The van der Waals surface area contributed by atoms with Crippen LogP contribution in [0.2, 0.25) is 0 Å². The molecule has 5 rings (SSSR count). The number of hydrogen-bond acceptors (Lipinski definition) is 7. The Kier molecular flexibility index (Phi) is 4.95. The van der Waals surface area contributed by atoms with Crippen LogP contribution in [0.3, 0.4) is 0 Å². The van der Waals surface area contributed by atoms with Gasteiger partial charge in [0.1, 0.15) is 29.0 Å². The minimum atomic E-state index is -0.116. The number of nitriles is 1. The number of likely N-dealkylation sites (tertiary alicyclic amines) is 1. The second-order valence-electron chi connectivity index (χ2n) is 7.66. The first-order valence-electron chi connectivity index (χ1n) is 10.4. The molecule has 4 heterocycles. The van der Waals surface area contributed by atoms with Crippen molar-refractivity contribution in [3.8, 4) is 28.7 Å². The van der Waals surface area contributed by atoms with Crippen LogP contribution >= 0.6 is 0 Å². The van der Waals surface area contributed by atoms with Crippen LogP contribution < -0.4 is 5.73 Å². The molecule has 1 aliphatic heterocycles. The van der Waals surface area contributed by atoms with Crippen LogP contribution in [-0.2, 0) is 0 Å². The summed E-state index contributed by atoms with van der Waals surface area (Å²) >= 11 is 0. The molecule has 1 aliphatic rings. The molecule has 4 aromatic rings. The summed E-state index contributed by atoms with van der Waals surface area (Å²) < 4.78 is 1.62. The third-order valence-corrected chi connectivity index (χ3v) is 5.59. The predicted octanol–water partition coefficient (Wildman–Crippen LogP) is 2.93. The topological polar surface area (TPSA) is 126 Å². The molecule has 1 fully saturated rings. The number of anilines is 1. The van der Waals surface area contributed by atoms with Gasteiger partial charge in [-0.1, -0.05) is 12.1 Å². The quantitative estimate of drug-likeness (QED) is 0.536. The molecular weight excluding hydrogens is 404 g/mol. The first-order valence-corrected chi connectivity index (χ1v) is 10.4. The fraction of sp³-hybridized carbons (Fsp3) is 0.217. The minimum absolute atomic E-state index is 0.116. The molecule has 0 aliphatic carbocycles. The van der Waals surface area contributed by atoms with Crippen LogP contribution in [0.25, 0.3) is 28.2 Å². The van der Waals surface area contributed by atoms with Crippen molar-refractivity contribution in [3.05, 3.63) is 60.2 Å². The van der Waals surface area contributed by atoms with Crippen LogP contribution in [0.1, 0.15) is 35.3 Å². The first-order chi connectivity index (χ1) is 15.7. The SMILES string of the molecule is N#Cc1cccc(-c2nc(N)c3cc(C(=O)N4CCCCC4)nn3c2-c2ccncn2)c1. The second kappa shape index (κ2) is 8.07. The number of nitrogens with zero attached hydrogens (tertiary/aromatic N) is 7. The van der Waals surface area contributed by atoms with Crippen molar-refractivity contribution < 1.29 is 4.79 Å². The fourth-order valence-electron chi connectivity index (χ4n) is 4.03. The number of carbonyl (C=O) groups is 1. The highest BCUT2D eigenvalue weighted by Crippen LogP contribution is 2.33. The van der Waals surface area contributed by atoms with Gasteiger partial charge in [-0.15, -0.1) is 0 Å². The molecule has 0 unspecified atom stereocenters. The Balaban J connectivity index is 1.74. The first kappa shape index (κ1) is 19.6. The Bertz CT molecular complexity index is 1350. The summed E-state index contributed by atoms with van der Waals surface area (Å²) in [6, 6.07) is 12.7. The number of amides is 1. The number of aromatic nitrogens is 5. The van der Waals surface area contributed by atoms with Gasteiger partial charge < -0.3 is 10.6 Å². The van der Waals surface area contributed by atoms with E-state index in [4.69, 9.17) is 5.73 Å². The minimum Gasteiger partial charge on any atom is -0.382 e. The van der Waals surface area contributed by atoms with E-state index in [1.165, 1.54) is 6.33 Å². The fourth-order valence-corrected chi connectivity index (χ4v) is 4.03. The van der Waals surface area contributed by atoms with Crippen LogP contribution in [-0.4, -0.2) is 48.5 Å². The molecule has 1 amide bonds. The lowest BCUT2D eigenvalue weighted by atomic mass is 10.0. The predicted molar refractivity (Wildman–Crippen MR) is 118 cm³/mol. The van der Waals surface area contributed by atoms with Crippen molar-refractivity contribution in [2.45, 2.75) is 19.3 Å². The third kappa shape index (κ3) is 3.41. The summed E-state index contributed by atoms with van der Waals surface area (Å²) in [5.74, 6) is 0.125. The largest absolute Gasteiger partial charge is 0.382 e. The van der Waals surface area contributed by atoms with E-state index < -0.39 is 0 Å². The van der Waals surface area contributed by atoms with Gasteiger partial charge in [0, 0.05) is 30.9 Å². The number of rotatable bonds is 3. The number of fused-ring (bicyclic) bond motifs is 1. The van der Waals surface area contributed by atoms with E-state index in [0.717, 1.165) is 32.4 Å². The average Bonchev–Trinajstić information content (AvgIpc) is 3.30. The Morgan fingerprint density at radius 3 is 2.72 bits per heavy atom. The Morgan fingerprint density at radius 1 is 1.12 bits per heavy atom. The molecule has 1 aromatic carbocycles. The maximum Gasteiger partial charge on any atom is 0.274 e. The highest BCUT2D eigenvalue weighted by atomic mass is 16.2. The van der Waals surface area contributed by atoms with E-state index in [2.05, 4.69) is 26.1 Å². The van der Waals surface area contributed by atoms with Crippen LogP contribution in [0, 0.1) is 11.3 Å². The molecular formula is C23H20N8O. The molecule has 2 N–H and O–H groups in total. The number of hydrogen-bond donors (Lipinski definition) is 1. The number of benzene rings is 1. The number of carbonyl (C=O) groups excluding carboxylic acids is 1. The number of nitrogen functional groups attached to an aromatic ring is 1. The van der Waals surface area contributed by atoms with Crippen LogP contribution in [0.5, 0.6) is 0 Å². The Morgan fingerprint density at radius 2 is 1.97 bits per heavy atom. The molecule has 0 atom stereocenters. The molecule has 9 heteroatoms. The van der Waals surface area contributed by atoms with Gasteiger partial charge >= 0.3 is 0 Å². The molecule has 1 saturated heterocycles. The highest BCUT2D eigenvalue weighted by molar-refractivity contribution is 5.95. The maximum absolute atomic E-state index is 13.1. The van der Waals surface area contributed by atoms with Gasteiger partial charge in [0.25, 0.3) is 5.91 Å². The van der Waals surface area contributed by atoms with Crippen LogP contribution in [0.4, 0.5) is 5.82 Å². The molecule has 0 spiro atoms. The summed E-state index contributed by atoms with van der Waals surface area (Å²) in [5.41, 5.74) is 10.0. The van der Waals surface area contributed by atoms with Gasteiger partial charge in [-0.25, -0.2) is 19.5 Å². The molecule has 3 aromatic heterocycles. The molecule has 158 valence electrons. The summed E-state index contributed by atoms with van der Waals surface area (Å²) in [6.45, 7) is 1.46. The lowest BCUT2D eigenvalue weighted by molar-refractivity contribution is 0.0718. The molecule has 0 bridgehead atoms. The van der Waals surface area contributed by atoms with Crippen molar-refractivity contribution >= 4 is 17.2 Å². The standard InChI is InChI=1S/C23H20N8O/c24-13-15-5-4-6-16(11-15)20-21(17-7-8-26-14-27-17)31-19(22(25)28-20)12-18(29-31)23(32)30-9-2-1-3-10-30/h4-8,11-12,14H,1-3,9-10H2,(H2,25,28). The van der Waals surface area contributed by atoms with Gasteiger partial charge in [-0.2, -0.15) is 10.4 Å². The van der Waals surface area contributed by atoms with Gasteiger partial charge in [0.05, 0.1) is 17.3 Å². The van der Waals surface area contributed by atoms with E-state index in [1.807, 2.05) is 11.0 Å². The lowest BCUT2D eigenvalue weighted by Crippen LogP contribution is -2.35. The molecule has 0 saturated carbocycles. The van der Waals surface area contributed by atoms with E-state index in [1.54, 1.807) is 41.0 Å². The summed E-state index contributed by atoms with van der Waals surface area (Å²) in [7, 11) is 0. The zero-order chi connectivity index (χ0) is 22.1. The van der Waals surface area contributed by atoms with Gasteiger partial charge in [0.2, 0.25) is 0 Å². The Labute approximate surface area is 184 Å². The smallest absolute Gasteiger partial charge is 0.274 e. The molecule has 9 nitrogen and oxygen atoms in total. The zero-order valence-corrected chi connectivity index (χ0v) is 17.3. The van der Waals surface area contributed by atoms with Crippen molar-refractivity contribution in [3.63, 3.8) is 0 Å². The summed E-state index contributed by atoms with van der Waals surface area (Å²) in [4.78, 5) is 27.9. The van der Waals surface area contributed by atoms with Gasteiger partial charge in [0.15, 0.2) is 5.69 Å². The van der Waals surface area contributed by atoms with E-state index in [9.17, 15) is 10.1 Å². The number of nitrogens with two attached hydrogens (primary N) is 1. The maximum atomic E-state index is 13.1. The average molecular weight is 424 g/mol. The van der Waals surface area contributed by atoms with Gasteiger partial charge in [-0.05, 0) is 37.5 Å². The summed E-state index contributed by atoms with van der Waals surface area (Å²) in [6.07, 6.45) is 6.19. The normalized spacial score (nSPS) is 13.8. The molecule has 32 heavy (non-hydrogen) atoms. The van der Waals surface area contributed by atoms with Crippen LogP contribution in [0.15, 0.2) is 48.9 Å². The third-order valence-electron chi connectivity index (χ3n) is 5.59. The van der Waals surface area contributed by atoms with E-state index >= 15 is 0 Å². The monoisotopic (exact) mass is 424 g/mol. The number of piperidine rings is 1. The van der Waals surface area contributed by atoms with Crippen molar-refractivity contribution in [2.75, 3.05) is 18.8 Å².